The van der Waals surface area contributed by atoms with Crippen molar-refractivity contribution in [1.82, 2.24) is 0 Å². The Kier molecular flexibility index (Phi) is 26.9. The van der Waals surface area contributed by atoms with Crippen LogP contribution in [0.3, 0.4) is 0 Å². The lowest BCUT2D eigenvalue weighted by Gasteiger charge is -2.39. The van der Waals surface area contributed by atoms with Gasteiger partial charge in [-0.1, -0.05) is 107 Å². The van der Waals surface area contributed by atoms with Crippen LogP contribution < -0.4 is 0 Å². The molecule has 1 aliphatic heterocycles. The van der Waals surface area contributed by atoms with E-state index in [0.29, 0.717) is 6.61 Å². The van der Waals surface area contributed by atoms with Crippen molar-refractivity contribution in [3.63, 3.8) is 0 Å². The highest BCUT2D eigenvalue weighted by Gasteiger charge is 2.44. The molecule has 46 heavy (non-hydrogen) atoms. The lowest BCUT2D eigenvalue weighted by atomic mass is 9.99. The van der Waals surface area contributed by atoms with Crippen molar-refractivity contribution in [3.05, 3.63) is 48.6 Å². The molecule has 0 aliphatic carbocycles. The molecular formula is C37H64O9. The summed E-state index contributed by atoms with van der Waals surface area (Å²) in [5.74, 6) is -0.343. The van der Waals surface area contributed by atoms with Crippen LogP contribution in [0, 0.1) is 0 Å². The molecule has 9 heteroatoms. The highest BCUT2D eigenvalue weighted by Crippen LogP contribution is 2.22. The summed E-state index contributed by atoms with van der Waals surface area (Å²) in [4.78, 5) is 12.6. The number of hydrogen-bond donors (Lipinski definition) is 4. The molecule has 0 saturated carbocycles. The molecule has 0 amide bonds. The maximum absolute atomic E-state index is 12.6. The zero-order valence-electron chi connectivity index (χ0n) is 28.6. The summed E-state index contributed by atoms with van der Waals surface area (Å²) in [6.45, 7) is 4.33. The van der Waals surface area contributed by atoms with E-state index < -0.39 is 43.4 Å². The van der Waals surface area contributed by atoms with Crippen molar-refractivity contribution < 1.29 is 44.2 Å². The molecule has 0 aromatic carbocycles. The zero-order chi connectivity index (χ0) is 33.7. The second-order valence-corrected chi connectivity index (χ2v) is 11.9. The molecule has 4 N–H and O–H groups in total. The van der Waals surface area contributed by atoms with E-state index >= 15 is 0 Å². The Morgan fingerprint density at radius 3 is 2.00 bits per heavy atom. The van der Waals surface area contributed by atoms with Crippen LogP contribution in [0.1, 0.15) is 117 Å². The molecule has 1 fully saturated rings. The molecule has 1 saturated heterocycles. The molecule has 9 nitrogen and oxygen atoms in total. The number of rotatable bonds is 28. The summed E-state index contributed by atoms with van der Waals surface area (Å²) >= 11 is 0. The second kappa shape index (κ2) is 29.3. The summed E-state index contributed by atoms with van der Waals surface area (Å²) in [5, 5.41) is 39.7. The third-order valence-corrected chi connectivity index (χ3v) is 7.76. The van der Waals surface area contributed by atoms with Gasteiger partial charge in [-0.2, -0.15) is 0 Å². The van der Waals surface area contributed by atoms with E-state index in [-0.39, 0.29) is 25.6 Å². The molecule has 1 aliphatic rings. The minimum absolute atomic E-state index is 0.125. The lowest BCUT2D eigenvalue weighted by Crippen LogP contribution is -2.59. The van der Waals surface area contributed by atoms with Crippen molar-refractivity contribution in [2.24, 2.45) is 0 Å². The number of hydrogen-bond acceptors (Lipinski definition) is 9. The van der Waals surface area contributed by atoms with Gasteiger partial charge in [0.15, 0.2) is 6.29 Å². The van der Waals surface area contributed by atoms with E-state index in [0.717, 1.165) is 70.6 Å². The number of esters is 1. The smallest absolute Gasteiger partial charge is 0.306 e. The molecule has 266 valence electrons. The molecule has 0 bridgehead atoms. The topological polar surface area (TPSA) is 135 Å². The van der Waals surface area contributed by atoms with E-state index in [1.54, 1.807) is 0 Å². The molecule has 6 unspecified atom stereocenters. The standard InChI is InChI=1S/C37H64O9/c1-3-5-7-9-11-12-13-14-15-16-17-18-19-20-21-22-24-26-33(39)45-31(29-43-27-25-23-10-8-6-4-2)30-44-37-36(42)35(41)34(40)32(28-38)46-37/h5,7,11-12,14-15,17-18,31-32,34-38,40-42H,3-4,6,8-10,13,16,19-30H2,1-2H3/b7-5-,12-11-,15-14-,18-17-. The van der Waals surface area contributed by atoms with Crippen LogP contribution in [0.2, 0.25) is 0 Å². The fraction of sp³-hybridized carbons (Fsp3) is 0.757. The summed E-state index contributed by atoms with van der Waals surface area (Å²) in [6, 6.07) is 0. The van der Waals surface area contributed by atoms with Crippen molar-refractivity contribution in [2.45, 2.75) is 153 Å². The van der Waals surface area contributed by atoms with Crippen LogP contribution in [0.25, 0.3) is 0 Å². The number of unbranched alkanes of at least 4 members (excludes halogenated alkanes) is 9. The number of carbonyl (C=O) groups excluding carboxylic acids is 1. The normalized spacial score (nSPS) is 23.0. The van der Waals surface area contributed by atoms with Gasteiger partial charge in [-0.3, -0.25) is 4.79 Å². The zero-order valence-corrected chi connectivity index (χ0v) is 28.6. The van der Waals surface area contributed by atoms with Gasteiger partial charge in [0.25, 0.3) is 0 Å². The predicted molar refractivity (Wildman–Crippen MR) is 182 cm³/mol. The Morgan fingerprint density at radius 1 is 0.717 bits per heavy atom. The maximum atomic E-state index is 12.6. The number of aliphatic hydroxyl groups excluding tert-OH is 4. The number of ether oxygens (including phenoxy) is 4. The average molecular weight is 653 g/mol. The first-order valence-corrected chi connectivity index (χ1v) is 17.7. The third kappa shape index (κ3) is 21.1. The summed E-state index contributed by atoms with van der Waals surface area (Å²) < 4.78 is 22.5. The quantitative estimate of drug-likeness (QED) is 0.0440. The van der Waals surface area contributed by atoms with Crippen molar-refractivity contribution in [1.29, 1.82) is 0 Å². The summed E-state index contributed by atoms with van der Waals surface area (Å²) in [7, 11) is 0. The molecule has 1 heterocycles. The van der Waals surface area contributed by atoms with Gasteiger partial charge in [0.2, 0.25) is 0 Å². The summed E-state index contributed by atoms with van der Waals surface area (Å²) in [5.41, 5.74) is 0. The largest absolute Gasteiger partial charge is 0.457 e. The van der Waals surface area contributed by atoms with Gasteiger partial charge in [-0.25, -0.2) is 0 Å². The predicted octanol–water partition coefficient (Wildman–Crippen LogP) is 6.24. The van der Waals surface area contributed by atoms with Crippen LogP contribution in [0.5, 0.6) is 0 Å². The second-order valence-electron chi connectivity index (χ2n) is 11.9. The molecule has 0 aromatic rings. The molecule has 1 rings (SSSR count). The Bertz CT molecular complexity index is 839. The SMILES string of the molecule is CC/C=C\C/C=C\C/C=C\C/C=C\CCCCCCC(=O)OC(COCCCCCCCC)COC1OC(CO)C(O)C(O)C1O. The lowest BCUT2D eigenvalue weighted by molar-refractivity contribution is -0.305. The van der Waals surface area contributed by atoms with Crippen LogP contribution in [-0.4, -0.2) is 89.6 Å². The molecular weight excluding hydrogens is 588 g/mol. The number of allylic oxidation sites excluding steroid dienone is 8. The molecule has 0 aromatic heterocycles. The first-order chi connectivity index (χ1) is 22.4. The van der Waals surface area contributed by atoms with Crippen molar-refractivity contribution in [3.8, 4) is 0 Å². The Hall–Kier alpha value is -1.85. The number of carbonyl (C=O) groups is 1. The molecule has 0 spiro atoms. The Labute approximate surface area is 278 Å². The van der Waals surface area contributed by atoms with E-state index in [9.17, 15) is 25.2 Å². The van der Waals surface area contributed by atoms with Crippen molar-refractivity contribution >= 4 is 5.97 Å². The Morgan fingerprint density at radius 2 is 1.33 bits per heavy atom. The van der Waals surface area contributed by atoms with Gasteiger partial charge in [0, 0.05) is 13.0 Å². The van der Waals surface area contributed by atoms with E-state index in [1.807, 2.05) is 0 Å². The van der Waals surface area contributed by atoms with Gasteiger partial charge >= 0.3 is 5.97 Å². The monoisotopic (exact) mass is 652 g/mol. The fourth-order valence-electron chi connectivity index (χ4n) is 4.95. The van der Waals surface area contributed by atoms with E-state index in [1.165, 1.54) is 25.7 Å². The minimum Gasteiger partial charge on any atom is -0.457 e. The van der Waals surface area contributed by atoms with Crippen LogP contribution >= 0.6 is 0 Å². The highest BCUT2D eigenvalue weighted by molar-refractivity contribution is 5.69. The first kappa shape index (κ1) is 42.2. The summed E-state index contributed by atoms with van der Waals surface area (Å²) in [6.07, 6.45) is 25.8. The van der Waals surface area contributed by atoms with Gasteiger partial charge in [0.05, 0.1) is 19.8 Å². The van der Waals surface area contributed by atoms with Gasteiger partial charge in [-0.15, -0.1) is 0 Å². The van der Waals surface area contributed by atoms with Crippen LogP contribution in [0.4, 0.5) is 0 Å². The average Bonchev–Trinajstić information content (AvgIpc) is 3.05. The fourth-order valence-corrected chi connectivity index (χ4v) is 4.95. The van der Waals surface area contributed by atoms with Crippen molar-refractivity contribution in [2.75, 3.05) is 26.4 Å². The first-order valence-electron chi connectivity index (χ1n) is 17.7. The molecule has 0 radical (unpaired) electrons. The van der Waals surface area contributed by atoms with Crippen LogP contribution in [0.15, 0.2) is 48.6 Å². The highest BCUT2D eigenvalue weighted by atomic mass is 16.7. The maximum Gasteiger partial charge on any atom is 0.306 e. The van der Waals surface area contributed by atoms with E-state index in [2.05, 4.69) is 62.5 Å². The van der Waals surface area contributed by atoms with E-state index in [4.69, 9.17) is 18.9 Å². The van der Waals surface area contributed by atoms with Crippen LogP contribution in [-0.2, 0) is 23.7 Å². The van der Waals surface area contributed by atoms with Gasteiger partial charge in [0.1, 0.15) is 30.5 Å². The third-order valence-electron chi connectivity index (χ3n) is 7.76. The molecule has 6 atom stereocenters. The minimum atomic E-state index is -1.54. The number of aliphatic hydroxyl groups is 4. The Balaban J connectivity index is 2.33. The van der Waals surface area contributed by atoms with Gasteiger partial charge in [-0.05, 0) is 51.4 Å². The van der Waals surface area contributed by atoms with Gasteiger partial charge < -0.3 is 39.4 Å².